The van der Waals surface area contributed by atoms with Gasteiger partial charge in [0, 0.05) is 6.61 Å². The highest BCUT2D eigenvalue weighted by Crippen LogP contribution is 2.05. The molecule has 0 heterocycles. The lowest BCUT2D eigenvalue weighted by molar-refractivity contribution is -0.148. The van der Waals surface area contributed by atoms with Gasteiger partial charge < -0.3 is 15.2 Å². The predicted octanol–water partition coefficient (Wildman–Crippen LogP) is 0.939. The lowest BCUT2D eigenvalue weighted by atomic mass is 10.1. The zero-order valence-corrected chi connectivity index (χ0v) is 9.50. The van der Waals surface area contributed by atoms with Crippen LogP contribution in [0.15, 0.2) is 0 Å². The van der Waals surface area contributed by atoms with Gasteiger partial charge in [-0.15, -0.1) is 0 Å². The molecule has 2 N–H and O–H groups in total. The Morgan fingerprint density at radius 3 is 2.50 bits per heavy atom. The van der Waals surface area contributed by atoms with E-state index >= 15 is 0 Å². The highest BCUT2D eigenvalue weighted by molar-refractivity contribution is 5.80. The fourth-order valence-corrected chi connectivity index (χ4v) is 0.895. The molecule has 84 valence electrons. The Hall–Kier alpha value is -0.610. The first-order chi connectivity index (χ1) is 6.40. The molecule has 0 aromatic heterocycles. The highest BCUT2D eigenvalue weighted by Gasteiger charge is 2.29. The molecule has 0 saturated carbocycles. The fraction of sp³-hybridized carbons (Fsp3) is 0.900. The SMILES string of the molecule is COC(=O)C(C)(N)COCCC(C)C. The van der Waals surface area contributed by atoms with Crippen LogP contribution in [0.2, 0.25) is 0 Å². The minimum Gasteiger partial charge on any atom is -0.468 e. The molecule has 4 heteroatoms. The van der Waals surface area contributed by atoms with Gasteiger partial charge in [-0.2, -0.15) is 0 Å². The van der Waals surface area contributed by atoms with Gasteiger partial charge in [0.2, 0.25) is 0 Å². The minimum absolute atomic E-state index is 0.201. The van der Waals surface area contributed by atoms with E-state index in [2.05, 4.69) is 18.6 Å². The molecule has 4 nitrogen and oxygen atoms in total. The minimum atomic E-state index is -1.04. The molecule has 0 spiro atoms. The molecule has 14 heavy (non-hydrogen) atoms. The number of ether oxygens (including phenoxy) is 2. The number of hydrogen-bond acceptors (Lipinski definition) is 4. The molecular formula is C10H21NO3. The van der Waals surface area contributed by atoms with Crippen molar-refractivity contribution in [2.45, 2.75) is 32.7 Å². The van der Waals surface area contributed by atoms with E-state index in [-0.39, 0.29) is 6.61 Å². The maximum Gasteiger partial charge on any atom is 0.327 e. The molecule has 0 bridgehead atoms. The molecule has 0 aliphatic carbocycles. The molecule has 0 aliphatic heterocycles. The number of carbonyl (C=O) groups is 1. The monoisotopic (exact) mass is 203 g/mol. The molecule has 0 fully saturated rings. The summed E-state index contributed by atoms with van der Waals surface area (Å²) in [5.74, 6) is 0.152. The summed E-state index contributed by atoms with van der Waals surface area (Å²) >= 11 is 0. The molecule has 0 aromatic rings. The maximum atomic E-state index is 11.1. The number of esters is 1. The van der Waals surface area contributed by atoms with Crippen molar-refractivity contribution in [1.82, 2.24) is 0 Å². The van der Waals surface area contributed by atoms with Crippen LogP contribution in [0, 0.1) is 5.92 Å². The van der Waals surface area contributed by atoms with Gasteiger partial charge in [-0.1, -0.05) is 13.8 Å². The largest absolute Gasteiger partial charge is 0.468 e. The lowest BCUT2D eigenvalue weighted by Crippen LogP contribution is -2.49. The summed E-state index contributed by atoms with van der Waals surface area (Å²) in [5, 5.41) is 0. The van der Waals surface area contributed by atoms with Crippen molar-refractivity contribution in [3.05, 3.63) is 0 Å². The Morgan fingerprint density at radius 2 is 2.07 bits per heavy atom. The Labute approximate surface area is 85.8 Å². The maximum absolute atomic E-state index is 11.1. The summed E-state index contributed by atoms with van der Waals surface area (Å²) in [6.45, 7) is 6.67. The normalized spacial score (nSPS) is 15.3. The summed E-state index contributed by atoms with van der Waals surface area (Å²) < 4.78 is 9.86. The molecule has 0 saturated heterocycles. The van der Waals surface area contributed by atoms with Gasteiger partial charge in [0.15, 0.2) is 0 Å². The van der Waals surface area contributed by atoms with Gasteiger partial charge in [-0.25, -0.2) is 4.79 Å². The van der Waals surface area contributed by atoms with E-state index in [4.69, 9.17) is 10.5 Å². The average molecular weight is 203 g/mol. The molecule has 1 unspecified atom stereocenters. The summed E-state index contributed by atoms with van der Waals surface area (Å²) in [7, 11) is 1.32. The molecule has 0 aliphatic rings. The van der Waals surface area contributed by atoms with Crippen molar-refractivity contribution in [2.24, 2.45) is 11.7 Å². The van der Waals surface area contributed by atoms with Crippen molar-refractivity contribution < 1.29 is 14.3 Å². The molecule has 0 aromatic carbocycles. The Balaban J connectivity index is 3.71. The first-order valence-electron chi connectivity index (χ1n) is 4.85. The van der Waals surface area contributed by atoms with Crippen LogP contribution in [0.5, 0.6) is 0 Å². The third-order valence-corrected chi connectivity index (χ3v) is 1.89. The smallest absolute Gasteiger partial charge is 0.327 e. The summed E-state index contributed by atoms with van der Waals surface area (Å²) in [4.78, 5) is 11.1. The van der Waals surface area contributed by atoms with Crippen LogP contribution in [0.25, 0.3) is 0 Å². The average Bonchev–Trinajstić information content (AvgIpc) is 2.10. The Bertz CT molecular complexity index is 178. The van der Waals surface area contributed by atoms with E-state index in [9.17, 15) is 4.79 Å². The Morgan fingerprint density at radius 1 is 1.50 bits per heavy atom. The second kappa shape index (κ2) is 5.98. The standard InChI is InChI=1S/C10H21NO3/c1-8(2)5-6-14-7-10(3,11)9(12)13-4/h8H,5-7,11H2,1-4H3. The van der Waals surface area contributed by atoms with Crippen LogP contribution >= 0.6 is 0 Å². The first-order valence-corrected chi connectivity index (χ1v) is 4.85. The number of methoxy groups -OCH3 is 1. The number of carbonyl (C=O) groups excluding carboxylic acids is 1. The highest BCUT2D eigenvalue weighted by atomic mass is 16.5. The van der Waals surface area contributed by atoms with E-state index in [0.29, 0.717) is 12.5 Å². The number of hydrogen-bond donors (Lipinski definition) is 1. The van der Waals surface area contributed by atoms with Gasteiger partial charge in [-0.05, 0) is 19.3 Å². The van der Waals surface area contributed by atoms with Crippen molar-refractivity contribution in [3.63, 3.8) is 0 Å². The third-order valence-electron chi connectivity index (χ3n) is 1.89. The quantitative estimate of drug-likeness (QED) is 0.515. The first kappa shape index (κ1) is 13.4. The second-order valence-corrected chi connectivity index (χ2v) is 4.14. The van der Waals surface area contributed by atoms with Crippen molar-refractivity contribution in [2.75, 3.05) is 20.3 Å². The van der Waals surface area contributed by atoms with Gasteiger partial charge in [0.25, 0.3) is 0 Å². The molecule has 0 radical (unpaired) electrons. The van der Waals surface area contributed by atoms with Crippen LogP contribution in [0.3, 0.4) is 0 Å². The Kier molecular flexibility index (Phi) is 5.72. The van der Waals surface area contributed by atoms with Crippen LogP contribution in [0.1, 0.15) is 27.2 Å². The zero-order chi connectivity index (χ0) is 11.2. The van der Waals surface area contributed by atoms with Crippen LogP contribution in [0.4, 0.5) is 0 Å². The van der Waals surface area contributed by atoms with E-state index in [0.717, 1.165) is 6.42 Å². The van der Waals surface area contributed by atoms with Crippen LogP contribution < -0.4 is 5.73 Å². The molecule has 0 amide bonds. The molecule has 0 rings (SSSR count). The molecular weight excluding hydrogens is 182 g/mol. The van der Waals surface area contributed by atoms with Gasteiger partial charge >= 0.3 is 5.97 Å². The topological polar surface area (TPSA) is 61.5 Å². The molecule has 1 atom stereocenters. The number of rotatable bonds is 6. The third kappa shape index (κ3) is 5.19. The van der Waals surface area contributed by atoms with Crippen molar-refractivity contribution >= 4 is 5.97 Å². The lowest BCUT2D eigenvalue weighted by Gasteiger charge is -2.21. The zero-order valence-electron chi connectivity index (χ0n) is 9.50. The predicted molar refractivity (Wildman–Crippen MR) is 54.9 cm³/mol. The van der Waals surface area contributed by atoms with E-state index < -0.39 is 11.5 Å². The van der Waals surface area contributed by atoms with Gasteiger partial charge in [-0.3, -0.25) is 0 Å². The summed E-state index contributed by atoms with van der Waals surface area (Å²) in [5.41, 5.74) is 4.65. The van der Waals surface area contributed by atoms with E-state index in [1.54, 1.807) is 6.92 Å². The van der Waals surface area contributed by atoms with Gasteiger partial charge in [0.1, 0.15) is 5.54 Å². The van der Waals surface area contributed by atoms with Crippen LogP contribution in [-0.2, 0) is 14.3 Å². The van der Waals surface area contributed by atoms with E-state index in [1.807, 2.05) is 0 Å². The van der Waals surface area contributed by atoms with Gasteiger partial charge in [0.05, 0.1) is 13.7 Å². The van der Waals surface area contributed by atoms with Crippen molar-refractivity contribution in [1.29, 1.82) is 0 Å². The second-order valence-electron chi connectivity index (χ2n) is 4.14. The van der Waals surface area contributed by atoms with E-state index in [1.165, 1.54) is 7.11 Å². The summed E-state index contributed by atoms with van der Waals surface area (Å²) in [6, 6.07) is 0. The van der Waals surface area contributed by atoms with Crippen molar-refractivity contribution in [3.8, 4) is 0 Å². The van der Waals surface area contributed by atoms with Crippen LogP contribution in [-0.4, -0.2) is 31.8 Å². The summed E-state index contributed by atoms with van der Waals surface area (Å²) in [6.07, 6.45) is 0.969. The fourth-order valence-electron chi connectivity index (χ4n) is 0.895. The number of nitrogens with two attached hydrogens (primary N) is 1.